The summed E-state index contributed by atoms with van der Waals surface area (Å²) in [5.74, 6) is 0.806. The fraction of sp³-hybridized carbons (Fsp3) is 0.167. The van der Waals surface area contributed by atoms with Gasteiger partial charge in [-0.05, 0) is 48.4 Å². The average molecular weight is 437 g/mol. The molecule has 158 valence electrons. The van der Waals surface area contributed by atoms with Crippen LogP contribution in [0.15, 0.2) is 60.7 Å². The predicted octanol–water partition coefficient (Wildman–Crippen LogP) is 4.83. The van der Waals surface area contributed by atoms with Gasteiger partial charge < -0.3 is 19.7 Å². The van der Waals surface area contributed by atoms with Crippen LogP contribution in [0.25, 0.3) is 0 Å². The summed E-state index contributed by atoms with van der Waals surface area (Å²) in [6, 6.07) is 18.0. The number of rotatable bonds is 5. The summed E-state index contributed by atoms with van der Waals surface area (Å²) in [5, 5.41) is 3.43. The number of hydrogen-bond donors (Lipinski definition) is 1. The summed E-state index contributed by atoms with van der Waals surface area (Å²) in [6.07, 6.45) is 0. The summed E-state index contributed by atoms with van der Waals surface area (Å²) in [7, 11) is 1.52. The highest BCUT2D eigenvalue weighted by molar-refractivity contribution is 6.31. The molecule has 0 saturated carbocycles. The Bertz CT molecular complexity index is 1140. The topological polar surface area (TPSA) is 67.9 Å². The summed E-state index contributed by atoms with van der Waals surface area (Å²) >= 11 is 6.13. The van der Waals surface area contributed by atoms with Crippen molar-refractivity contribution < 1.29 is 19.1 Å². The molecule has 0 saturated heterocycles. The largest absolute Gasteiger partial charge is 0.495 e. The molecule has 7 heteroatoms. The number of anilines is 2. The van der Waals surface area contributed by atoms with Gasteiger partial charge in [-0.25, -0.2) is 0 Å². The molecule has 31 heavy (non-hydrogen) atoms. The smallest absolute Gasteiger partial charge is 0.265 e. The third-order valence-corrected chi connectivity index (χ3v) is 5.50. The fourth-order valence-electron chi connectivity index (χ4n) is 3.40. The maximum atomic E-state index is 12.7. The van der Waals surface area contributed by atoms with E-state index in [-0.39, 0.29) is 18.4 Å². The minimum Gasteiger partial charge on any atom is -0.495 e. The van der Waals surface area contributed by atoms with Crippen LogP contribution in [0.3, 0.4) is 0 Å². The number of benzene rings is 3. The van der Waals surface area contributed by atoms with E-state index < -0.39 is 0 Å². The van der Waals surface area contributed by atoms with Crippen molar-refractivity contribution in [3.63, 3.8) is 0 Å². The van der Waals surface area contributed by atoms with Crippen LogP contribution < -0.4 is 19.7 Å². The second kappa shape index (κ2) is 8.70. The lowest BCUT2D eigenvalue weighted by molar-refractivity contribution is -0.121. The van der Waals surface area contributed by atoms with E-state index in [9.17, 15) is 9.59 Å². The fourth-order valence-corrected chi connectivity index (χ4v) is 3.55. The molecule has 4 rings (SSSR count). The van der Waals surface area contributed by atoms with Gasteiger partial charge in [0.15, 0.2) is 6.61 Å². The SMILES string of the molecule is COc1cc(Cl)c(C)cc1NC(=O)c1ccc(CN2C(=O)COc3ccccc32)cc1. The molecule has 3 aromatic carbocycles. The van der Waals surface area contributed by atoms with Crippen LogP contribution in [-0.4, -0.2) is 25.5 Å². The number of carbonyl (C=O) groups is 2. The van der Waals surface area contributed by atoms with E-state index in [1.165, 1.54) is 7.11 Å². The first-order valence-corrected chi connectivity index (χ1v) is 10.1. The molecular weight excluding hydrogens is 416 g/mol. The lowest BCUT2D eigenvalue weighted by Crippen LogP contribution is -2.38. The second-order valence-electron chi connectivity index (χ2n) is 7.19. The highest BCUT2D eigenvalue weighted by atomic mass is 35.5. The Hall–Kier alpha value is -3.51. The number of methoxy groups -OCH3 is 1. The number of halogens is 1. The van der Waals surface area contributed by atoms with Crippen LogP contribution in [0.4, 0.5) is 11.4 Å². The molecule has 0 aromatic heterocycles. The van der Waals surface area contributed by atoms with Crippen molar-refractivity contribution in [2.24, 2.45) is 0 Å². The highest BCUT2D eigenvalue weighted by Gasteiger charge is 2.25. The lowest BCUT2D eigenvalue weighted by Gasteiger charge is -2.29. The Morgan fingerprint density at radius 1 is 1.16 bits per heavy atom. The number of para-hydroxylation sites is 2. The summed E-state index contributed by atoms with van der Waals surface area (Å²) in [6.45, 7) is 2.27. The molecule has 2 amide bonds. The molecule has 6 nitrogen and oxygen atoms in total. The van der Waals surface area contributed by atoms with Crippen molar-refractivity contribution in [2.45, 2.75) is 13.5 Å². The Balaban J connectivity index is 1.50. The monoisotopic (exact) mass is 436 g/mol. The Kier molecular flexibility index (Phi) is 5.82. The van der Waals surface area contributed by atoms with Gasteiger partial charge in [0, 0.05) is 16.7 Å². The summed E-state index contributed by atoms with van der Waals surface area (Å²) < 4.78 is 10.8. The molecular formula is C24H21ClN2O4. The minimum absolute atomic E-state index is 0.0137. The van der Waals surface area contributed by atoms with Gasteiger partial charge in [-0.2, -0.15) is 0 Å². The van der Waals surface area contributed by atoms with Crippen LogP contribution in [0.1, 0.15) is 21.5 Å². The molecule has 1 aliphatic rings. The van der Waals surface area contributed by atoms with E-state index >= 15 is 0 Å². The highest BCUT2D eigenvalue weighted by Crippen LogP contribution is 2.33. The molecule has 1 heterocycles. The standard InChI is InChI=1S/C24H21ClN2O4/c1-15-11-19(22(30-2)12-18(15)25)26-24(29)17-9-7-16(8-10-17)13-27-20-5-3-4-6-21(20)31-14-23(27)28/h3-12H,13-14H2,1-2H3,(H,26,29). The van der Waals surface area contributed by atoms with Crippen LogP contribution >= 0.6 is 11.6 Å². The number of nitrogens with zero attached hydrogens (tertiary/aromatic N) is 1. The number of ether oxygens (including phenoxy) is 2. The number of aryl methyl sites for hydroxylation is 1. The zero-order chi connectivity index (χ0) is 22.0. The van der Waals surface area contributed by atoms with Gasteiger partial charge in [-0.3, -0.25) is 9.59 Å². The zero-order valence-electron chi connectivity index (χ0n) is 17.1. The van der Waals surface area contributed by atoms with Crippen LogP contribution in [-0.2, 0) is 11.3 Å². The van der Waals surface area contributed by atoms with Gasteiger partial charge in [0.2, 0.25) is 0 Å². The van der Waals surface area contributed by atoms with Crippen LogP contribution in [0, 0.1) is 6.92 Å². The Morgan fingerprint density at radius 2 is 1.90 bits per heavy atom. The Labute approximate surface area is 185 Å². The predicted molar refractivity (Wildman–Crippen MR) is 120 cm³/mol. The molecule has 1 N–H and O–H groups in total. The first kappa shape index (κ1) is 20.8. The third kappa shape index (κ3) is 4.34. The van der Waals surface area contributed by atoms with Gasteiger partial charge in [-0.15, -0.1) is 0 Å². The van der Waals surface area contributed by atoms with E-state index in [0.29, 0.717) is 34.3 Å². The first-order valence-electron chi connectivity index (χ1n) is 9.73. The second-order valence-corrected chi connectivity index (χ2v) is 7.60. The van der Waals surface area contributed by atoms with Gasteiger partial charge in [-0.1, -0.05) is 35.9 Å². The molecule has 0 aliphatic carbocycles. The Morgan fingerprint density at radius 3 is 2.65 bits per heavy atom. The van der Waals surface area contributed by atoms with Crippen molar-refractivity contribution in [1.29, 1.82) is 0 Å². The number of hydrogen-bond acceptors (Lipinski definition) is 4. The van der Waals surface area contributed by atoms with Gasteiger partial charge >= 0.3 is 0 Å². The van der Waals surface area contributed by atoms with Crippen LogP contribution in [0.2, 0.25) is 5.02 Å². The van der Waals surface area contributed by atoms with Gasteiger partial charge in [0.25, 0.3) is 11.8 Å². The normalized spacial score (nSPS) is 12.7. The molecule has 0 atom stereocenters. The molecule has 3 aromatic rings. The molecule has 0 radical (unpaired) electrons. The maximum Gasteiger partial charge on any atom is 0.265 e. The molecule has 0 spiro atoms. The summed E-state index contributed by atoms with van der Waals surface area (Å²) in [5.41, 5.74) is 3.52. The van der Waals surface area contributed by atoms with E-state index in [0.717, 1.165) is 16.8 Å². The van der Waals surface area contributed by atoms with Gasteiger partial charge in [0.05, 0.1) is 25.0 Å². The van der Waals surface area contributed by atoms with E-state index in [2.05, 4.69) is 5.32 Å². The van der Waals surface area contributed by atoms with Crippen molar-refractivity contribution in [2.75, 3.05) is 23.9 Å². The molecule has 0 fully saturated rings. The van der Waals surface area contributed by atoms with Crippen molar-refractivity contribution in [3.05, 3.63) is 82.4 Å². The summed E-state index contributed by atoms with van der Waals surface area (Å²) in [4.78, 5) is 26.8. The van der Waals surface area contributed by atoms with Crippen molar-refractivity contribution in [3.8, 4) is 11.5 Å². The van der Waals surface area contributed by atoms with E-state index in [4.69, 9.17) is 21.1 Å². The van der Waals surface area contributed by atoms with Crippen LogP contribution in [0.5, 0.6) is 11.5 Å². The van der Waals surface area contributed by atoms with E-state index in [1.54, 1.807) is 29.2 Å². The zero-order valence-corrected chi connectivity index (χ0v) is 17.9. The number of amides is 2. The first-order chi connectivity index (χ1) is 15.0. The van der Waals surface area contributed by atoms with Crippen molar-refractivity contribution in [1.82, 2.24) is 0 Å². The minimum atomic E-state index is -0.264. The molecule has 1 aliphatic heterocycles. The van der Waals surface area contributed by atoms with E-state index in [1.807, 2.05) is 43.3 Å². The van der Waals surface area contributed by atoms with Crippen molar-refractivity contribution >= 4 is 34.8 Å². The third-order valence-electron chi connectivity index (χ3n) is 5.09. The molecule has 0 unspecified atom stereocenters. The molecule has 0 bridgehead atoms. The van der Waals surface area contributed by atoms with Gasteiger partial charge in [0.1, 0.15) is 11.5 Å². The lowest BCUT2D eigenvalue weighted by atomic mass is 10.1. The maximum absolute atomic E-state index is 12.7. The quantitative estimate of drug-likeness (QED) is 0.621. The number of carbonyl (C=O) groups excluding carboxylic acids is 2. The number of fused-ring (bicyclic) bond motifs is 1. The number of nitrogens with one attached hydrogen (secondary N) is 1. The average Bonchev–Trinajstić information content (AvgIpc) is 2.78.